The first-order valence-corrected chi connectivity index (χ1v) is 11.7. The Labute approximate surface area is 187 Å². The van der Waals surface area contributed by atoms with Gasteiger partial charge in [0.1, 0.15) is 0 Å². The van der Waals surface area contributed by atoms with Gasteiger partial charge in [0.15, 0.2) is 0 Å². The predicted molar refractivity (Wildman–Crippen MR) is 129 cm³/mol. The zero-order valence-electron chi connectivity index (χ0n) is 19.1. The van der Waals surface area contributed by atoms with Crippen molar-refractivity contribution < 1.29 is 4.79 Å². The van der Waals surface area contributed by atoms with E-state index in [1.54, 1.807) is 0 Å². The molecule has 0 atom stereocenters. The Hall–Kier alpha value is -2.53. The van der Waals surface area contributed by atoms with E-state index < -0.39 is 0 Å². The molecule has 2 saturated heterocycles. The minimum atomic E-state index is 0.233. The van der Waals surface area contributed by atoms with Gasteiger partial charge in [0.25, 0.3) is 0 Å². The zero-order valence-corrected chi connectivity index (χ0v) is 19.1. The summed E-state index contributed by atoms with van der Waals surface area (Å²) < 4.78 is 0. The lowest BCUT2D eigenvalue weighted by molar-refractivity contribution is -0.132. The summed E-state index contributed by atoms with van der Waals surface area (Å²) in [6.45, 7) is 9.13. The minimum absolute atomic E-state index is 0.233. The number of carbonyl (C=O) groups is 1. The van der Waals surface area contributed by atoms with E-state index in [2.05, 4.69) is 70.2 Å². The minimum Gasteiger partial charge on any atom is -0.372 e. The predicted octanol–water partition coefficient (Wildman–Crippen LogP) is 3.77. The van der Waals surface area contributed by atoms with Crippen LogP contribution in [0.3, 0.4) is 0 Å². The first-order chi connectivity index (χ1) is 15.1. The molecule has 0 N–H and O–H groups in total. The van der Waals surface area contributed by atoms with Crippen molar-refractivity contribution in [3.8, 4) is 0 Å². The number of carbonyl (C=O) groups excluding carboxylic acids is 1. The quantitative estimate of drug-likeness (QED) is 0.712. The number of hydrogen-bond donors (Lipinski definition) is 0. The first kappa shape index (κ1) is 21.7. The lowest BCUT2D eigenvalue weighted by Gasteiger charge is -2.37. The highest BCUT2D eigenvalue weighted by atomic mass is 16.2. The first-order valence-electron chi connectivity index (χ1n) is 11.7. The summed E-state index contributed by atoms with van der Waals surface area (Å²) in [6.07, 6.45) is 3.95. The third-order valence-electron chi connectivity index (χ3n) is 6.51. The number of likely N-dealkylation sites (N-methyl/N-ethyl adjacent to an activating group) is 1. The van der Waals surface area contributed by atoms with Gasteiger partial charge in [-0.3, -0.25) is 9.69 Å². The number of piperazine rings is 1. The standard InChI is InChI=1S/C26H36N4O/c1-22-7-6-8-25(19-22)29-15-17-30(18-16-29)26(31)21-27(2)20-23-9-11-24(12-10-23)28-13-4-3-5-14-28/h6-12,19H,3-5,13-18,20-21H2,1-2H3. The number of nitrogens with zero attached hydrogens (tertiary/aromatic N) is 4. The average molecular weight is 421 g/mol. The number of benzene rings is 2. The van der Waals surface area contributed by atoms with E-state index in [4.69, 9.17) is 0 Å². The Morgan fingerprint density at radius 3 is 2.19 bits per heavy atom. The average Bonchev–Trinajstić information content (AvgIpc) is 2.80. The molecule has 2 fully saturated rings. The molecule has 2 aromatic rings. The van der Waals surface area contributed by atoms with Crippen molar-refractivity contribution in [1.82, 2.24) is 9.80 Å². The van der Waals surface area contributed by atoms with Gasteiger partial charge in [-0.15, -0.1) is 0 Å². The third-order valence-corrected chi connectivity index (χ3v) is 6.51. The van der Waals surface area contributed by atoms with Crippen LogP contribution in [0.4, 0.5) is 11.4 Å². The van der Waals surface area contributed by atoms with E-state index in [9.17, 15) is 4.79 Å². The number of amides is 1. The Morgan fingerprint density at radius 2 is 1.52 bits per heavy atom. The molecule has 5 heteroatoms. The number of aryl methyl sites for hydroxylation is 1. The topological polar surface area (TPSA) is 30.0 Å². The van der Waals surface area contributed by atoms with E-state index in [0.717, 1.165) is 32.7 Å². The van der Waals surface area contributed by atoms with Crippen molar-refractivity contribution in [1.29, 1.82) is 0 Å². The number of rotatable bonds is 6. The van der Waals surface area contributed by atoms with Crippen molar-refractivity contribution in [2.24, 2.45) is 0 Å². The van der Waals surface area contributed by atoms with Gasteiger partial charge in [-0.25, -0.2) is 0 Å². The fourth-order valence-corrected chi connectivity index (χ4v) is 4.70. The SMILES string of the molecule is Cc1cccc(N2CCN(C(=O)CN(C)Cc3ccc(N4CCCCC4)cc3)CC2)c1. The molecule has 2 heterocycles. The largest absolute Gasteiger partial charge is 0.372 e. The molecule has 0 radical (unpaired) electrons. The summed E-state index contributed by atoms with van der Waals surface area (Å²) in [5.41, 5.74) is 5.13. The van der Waals surface area contributed by atoms with Crippen LogP contribution < -0.4 is 9.80 Å². The van der Waals surface area contributed by atoms with Gasteiger partial charge < -0.3 is 14.7 Å². The van der Waals surface area contributed by atoms with Crippen LogP contribution >= 0.6 is 0 Å². The monoisotopic (exact) mass is 420 g/mol. The highest BCUT2D eigenvalue weighted by Crippen LogP contribution is 2.21. The zero-order chi connectivity index (χ0) is 21.6. The van der Waals surface area contributed by atoms with Crippen molar-refractivity contribution in [3.05, 3.63) is 59.7 Å². The van der Waals surface area contributed by atoms with Crippen LogP contribution in [0.5, 0.6) is 0 Å². The molecule has 31 heavy (non-hydrogen) atoms. The maximum absolute atomic E-state index is 12.8. The van der Waals surface area contributed by atoms with Crippen molar-refractivity contribution in [2.75, 3.05) is 62.7 Å². The Morgan fingerprint density at radius 1 is 0.839 bits per heavy atom. The summed E-state index contributed by atoms with van der Waals surface area (Å²) >= 11 is 0. The van der Waals surface area contributed by atoms with Gasteiger partial charge in [-0.05, 0) is 68.6 Å². The number of piperidine rings is 1. The smallest absolute Gasteiger partial charge is 0.236 e. The third kappa shape index (κ3) is 5.79. The van der Waals surface area contributed by atoms with Crippen molar-refractivity contribution >= 4 is 17.3 Å². The van der Waals surface area contributed by atoms with Crippen molar-refractivity contribution in [2.45, 2.75) is 32.7 Å². The highest BCUT2D eigenvalue weighted by Gasteiger charge is 2.22. The summed E-state index contributed by atoms with van der Waals surface area (Å²) in [7, 11) is 2.04. The van der Waals surface area contributed by atoms with Crippen LogP contribution in [0.1, 0.15) is 30.4 Å². The fourth-order valence-electron chi connectivity index (χ4n) is 4.70. The van der Waals surface area contributed by atoms with Crippen LogP contribution in [0.2, 0.25) is 0 Å². The second-order valence-corrected chi connectivity index (χ2v) is 9.09. The van der Waals surface area contributed by atoms with Gasteiger partial charge in [0.2, 0.25) is 5.91 Å². The van der Waals surface area contributed by atoms with Crippen LogP contribution in [-0.4, -0.2) is 68.6 Å². The van der Waals surface area contributed by atoms with Gasteiger partial charge in [-0.2, -0.15) is 0 Å². The molecule has 0 unspecified atom stereocenters. The Kier molecular flexibility index (Phi) is 7.13. The molecule has 2 aromatic carbocycles. The second kappa shape index (κ2) is 10.2. The molecule has 0 aliphatic carbocycles. The number of hydrogen-bond acceptors (Lipinski definition) is 4. The molecule has 0 aromatic heterocycles. The van der Waals surface area contributed by atoms with Crippen LogP contribution in [0, 0.1) is 6.92 Å². The van der Waals surface area contributed by atoms with Gasteiger partial charge in [0.05, 0.1) is 6.54 Å². The lowest BCUT2D eigenvalue weighted by atomic mass is 10.1. The molecule has 0 saturated carbocycles. The lowest BCUT2D eigenvalue weighted by Crippen LogP contribution is -2.51. The molecular weight excluding hydrogens is 384 g/mol. The molecule has 4 rings (SSSR count). The summed E-state index contributed by atoms with van der Waals surface area (Å²) in [5.74, 6) is 0.233. The maximum atomic E-state index is 12.8. The van der Waals surface area contributed by atoms with E-state index in [1.807, 2.05) is 11.9 Å². The molecule has 1 amide bonds. The van der Waals surface area contributed by atoms with Crippen LogP contribution in [-0.2, 0) is 11.3 Å². The summed E-state index contributed by atoms with van der Waals surface area (Å²) in [6, 6.07) is 17.5. The van der Waals surface area contributed by atoms with Crippen LogP contribution in [0.15, 0.2) is 48.5 Å². The molecule has 2 aliphatic rings. The van der Waals surface area contributed by atoms with Crippen LogP contribution in [0.25, 0.3) is 0 Å². The van der Waals surface area contributed by atoms with Gasteiger partial charge >= 0.3 is 0 Å². The van der Waals surface area contributed by atoms with E-state index in [0.29, 0.717) is 6.54 Å². The molecule has 2 aliphatic heterocycles. The van der Waals surface area contributed by atoms with Gasteiger partial charge in [-0.1, -0.05) is 24.3 Å². The normalized spacial score (nSPS) is 17.3. The summed E-state index contributed by atoms with van der Waals surface area (Å²) in [4.78, 5) is 21.8. The molecule has 166 valence electrons. The molecule has 5 nitrogen and oxygen atoms in total. The molecule has 0 bridgehead atoms. The molecule has 0 spiro atoms. The maximum Gasteiger partial charge on any atom is 0.236 e. The summed E-state index contributed by atoms with van der Waals surface area (Å²) in [5, 5.41) is 0. The van der Waals surface area contributed by atoms with E-state index >= 15 is 0 Å². The number of anilines is 2. The fraction of sp³-hybridized carbons (Fsp3) is 0.500. The van der Waals surface area contributed by atoms with E-state index in [-0.39, 0.29) is 5.91 Å². The van der Waals surface area contributed by atoms with E-state index in [1.165, 1.54) is 54.9 Å². The Balaban J connectivity index is 1.23. The van der Waals surface area contributed by atoms with Crippen molar-refractivity contribution in [3.63, 3.8) is 0 Å². The van der Waals surface area contributed by atoms with Gasteiger partial charge in [0, 0.05) is 57.2 Å². The second-order valence-electron chi connectivity index (χ2n) is 9.09. The Bertz CT molecular complexity index is 852. The highest BCUT2D eigenvalue weighted by molar-refractivity contribution is 5.78. The molecular formula is C26H36N4O.